The molecule has 3 rings (SSSR count). The molecule has 1 heterocycles. The number of nitrogens with zero attached hydrogens (tertiary/aromatic N) is 1. The van der Waals surface area contributed by atoms with Gasteiger partial charge in [0, 0.05) is 29.9 Å². The normalized spacial score (nSPS) is 10.5. The number of benzene rings is 2. The van der Waals surface area contributed by atoms with Crippen molar-refractivity contribution in [2.75, 3.05) is 18.5 Å². The van der Waals surface area contributed by atoms with Crippen molar-refractivity contribution in [3.05, 3.63) is 66.6 Å². The third kappa shape index (κ3) is 3.48. The van der Waals surface area contributed by atoms with Crippen molar-refractivity contribution < 1.29 is 9.13 Å². The lowest BCUT2D eigenvalue weighted by Gasteiger charge is -2.09. The van der Waals surface area contributed by atoms with Gasteiger partial charge < -0.3 is 10.1 Å². The summed E-state index contributed by atoms with van der Waals surface area (Å²) in [5.41, 5.74) is 1.79. The van der Waals surface area contributed by atoms with Crippen LogP contribution in [-0.4, -0.2) is 18.1 Å². The molecule has 0 aliphatic rings. The molecule has 2 aromatic carbocycles. The molecule has 1 N–H and O–H groups in total. The lowest BCUT2D eigenvalue weighted by atomic mass is 10.2. The van der Waals surface area contributed by atoms with E-state index in [1.807, 2.05) is 30.3 Å². The fraction of sp³-hybridized carbons (Fsp3) is 0.118. The first-order valence-corrected chi connectivity index (χ1v) is 6.78. The molecule has 0 amide bonds. The van der Waals surface area contributed by atoms with Crippen molar-refractivity contribution in [3.63, 3.8) is 0 Å². The zero-order chi connectivity index (χ0) is 14.5. The maximum atomic E-state index is 12.8. The molecule has 1 aromatic heterocycles. The highest BCUT2D eigenvalue weighted by atomic mass is 19.1. The molecular weight excluding hydrogens is 267 g/mol. The molecule has 0 spiro atoms. The first-order valence-electron chi connectivity index (χ1n) is 6.78. The highest BCUT2D eigenvalue weighted by Crippen LogP contribution is 2.18. The number of halogens is 1. The highest BCUT2D eigenvalue weighted by Gasteiger charge is 1.98. The number of aromatic nitrogens is 1. The Bertz CT molecular complexity index is 728. The van der Waals surface area contributed by atoms with E-state index in [1.54, 1.807) is 18.3 Å². The summed E-state index contributed by atoms with van der Waals surface area (Å²) in [5, 5.41) is 4.26. The van der Waals surface area contributed by atoms with Crippen molar-refractivity contribution in [1.82, 2.24) is 4.98 Å². The molecule has 21 heavy (non-hydrogen) atoms. The van der Waals surface area contributed by atoms with Gasteiger partial charge in [-0.1, -0.05) is 6.07 Å². The topological polar surface area (TPSA) is 34.1 Å². The molecule has 0 atom stereocenters. The van der Waals surface area contributed by atoms with Gasteiger partial charge in [-0.15, -0.1) is 0 Å². The average Bonchev–Trinajstić information content (AvgIpc) is 2.53. The van der Waals surface area contributed by atoms with Gasteiger partial charge in [-0.05, 0) is 42.5 Å². The van der Waals surface area contributed by atoms with Crippen LogP contribution >= 0.6 is 0 Å². The van der Waals surface area contributed by atoms with E-state index in [4.69, 9.17) is 4.74 Å². The number of rotatable bonds is 5. The number of fused-ring (bicyclic) bond motifs is 1. The fourth-order valence-corrected chi connectivity index (χ4v) is 2.07. The Morgan fingerprint density at radius 2 is 1.90 bits per heavy atom. The molecule has 0 fully saturated rings. The van der Waals surface area contributed by atoms with Gasteiger partial charge in [0.1, 0.15) is 18.2 Å². The van der Waals surface area contributed by atoms with E-state index in [-0.39, 0.29) is 5.82 Å². The van der Waals surface area contributed by atoms with Crippen LogP contribution in [0.15, 0.2) is 60.8 Å². The summed E-state index contributed by atoms with van der Waals surface area (Å²) >= 11 is 0. The number of ether oxygens (including phenoxy) is 1. The van der Waals surface area contributed by atoms with Crippen LogP contribution in [0.5, 0.6) is 5.75 Å². The number of hydrogen-bond donors (Lipinski definition) is 1. The summed E-state index contributed by atoms with van der Waals surface area (Å²) in [5.74, 6) is 0.558. The van der Waals surface area contributed by atoms with Crippen LogP contribution in [0, 0.1) is 5.82 Å². The van der Waals surface area contributed by atoms with Gasteiger partial charge in [-0.3, -0.25) is 4.98 Å². The molecule has 3 nitrogen and oxygen atoms in total. The third-order valence-corrected chi connectivity index (χ3v) is 3.12. The molecule has 0 radical (unpaired) electrons. The second-order valence-corrected chi connectivity index (χ2v) is 4.64. The lowest BCUT2D eigenvalue weighted by molar-refractivity contribution is 0.333. The summed E-state index contributed by atoms with van der Waals surface area (Å²) in [6, 6.07) is 16.0. The van der Waals surface area contributed by atoms with Crippen LogP contribution in [0.3, 0.4) is 0 Å². The molecule has 0 bridgehead atoms. The smallest absolute Gasteiger partial charge is 0.123 e. The predicted molar refractivity (Wildman–Crippen MR) is 82.1 cm³/mol. The molecule has 3 aromatic rings. The van der Waals surface area contributed by atoms with E-state index < -0.39 is 0 Å². The Morgan fingerprint density at radius 1 is 1.05 bits per heavy atom. The lowest BCUT2D eigenvalue weighted by Crippen LogP contribution is -2.11. The van der Waals surface area contributed by atoms with E-state index >= 15 is 0 Å². The van der Waals surface area contributed by atoms with Crippen molar-refractivity contribution in [1.29, 1.82) is 0 Å². The molecule has 4 heteroatoms. The van der Waals surface area contributed by atoms with Crippen LogP contribution in [-0.2, 0) is 0 Å². The minimum absolute atomic E-state index is 0.236. The van der Waals surface area contributed by atoms with E-state index in [0.717, 1.165) is 22.3 Å². The second-order valence-electron chi connectivity index (χ2n) is 4.64. The number of hydrogen-bond acceptors (Lipinski definition) is 3. The van der Waals surface area contributed by atoms with Gasteiger partial charge >= 0.3 is 0 Å². The largest absolute Gasteiger partial charge is 0.492 e. The minimum Gasteiger partial charge on any atom is -0.492 e. The van der Waals surface area contributed by atoms with Gasteiger partial charge in [0.05, 0.1) is 5.52 Å². The van der Waals surface area contributed by atoms with Gasteiger partial charge in [-0.25, -0.2) is 4.39 Å². The number of pyridine rings is 1. The number of anilines is 1. The van der Waals surface area contributed by atoms with Crippen molar-refractivity contribution >= 4 is 16.6 Å². The zero-order valence-electron chi connectivity index (χ0n) is 11.4. The monoisotopic (exact) mass is 282 g/mol. The van der Waals surface area contributed by atoms with Crippen LogP contribution in [0.2, 0.25) is 0 Å². The first kappa shape index (κ1) is 13.4. The molecule has 0 saturated heterocycles. The second kappa shape index (κ2) is 6.22. The van der Waals surface area contributed by atoms with Crippen LogP contribution in [0.25, 0.3) is 10.9 Å². The Morgan fingerprint density at radius 3 is 2.76 bits per heavy atom. The summed E-state index contributed by atoms with van der Waals surface area (Å²) in [7, 11) is 0. The minimum atomic E-state index is -0.236. The quantitative estimate of drug-likeness (QED) is 0.721. The van der Waals surface area contributed by atoms with Crippen LogP contribution in [0.1, 0.15) is 0 Å². The molecule has 0 unspecified atom stereocenters. The van der Waals surface area contributed by atoms with Gasteiger partial charge in [0.25, 0.3) is 0 Å². The van der Waals surface area contributed by atoms with Crippen LogP contribution in [0.4, 0.5) is 10.1 Å². The van der Waals surface area contributed by atoms with Gasteiger partial charge in [0.15, 0.2) is 0 Å². The van der Waals surface area contributed by atoms with Gasteiger partial charge in [0.2, 0.25) is 0 Å². The SMILES string of the molecule is Fc1ccc(NCCOc2ccc3cccnc3c2)cc1. The van der Waals surface area contributed by atoms with Crippen molar-refractivity contribution in [2.45, 2.75) is 0 Å². The van der Waals surface area contributed by atoms with E-state index in [1.165, 1.54) is 12.1 Å². The first-order chi connectivity index (χ1) is 10.3. The third-order valence-electron chi connectivity index (χ3n) is 3.12. The predicted octanol–water partition coefficient (Wildman–Crippen LogP) is 3.86. The molecule has 0 aliphatic heterocycles. The average molecular weight is 282 g/mol. The summed E-state index contributed by atoms with van der Waals surface area (Å²) < 4.78 is 18.4. The summed E-state index contributed by atoms with van der Waals surface area (Å²) in [4.78, 5) is 4.29. The van der Waals surface area contributed by atoms with E-state index in [9.17, 15) is 4.39 Å². The summed E-state index contributed by atoms with van der Waals surface area (Å²) in [6.07, 6.45) is 1.77. The zero-order valence-corrected chi connectivity index (χ0v) is 11.4. The molecule has 106 valence electrons. The van der Waals surface area contributed by atoms with E-state index in [2.05, 4.69) is 10.3 Å². The van der Waals surface area contributed by atoms with Crippen molar-refractivity contribution in [2.24, 2.45) is 0 Å². The van der Waals surface area contributed by atoms with E-state index in [0.29, 0.717) is 13.2 Å². The Hall–Kier alpha value is -2.62. The van der Waals surface area contributed by atoms with Crippen molar-refractivity contribution in [3.8, 4) is 5.75 Å². The Kier molecular flexibility index (Phi) is 3.96. The Labute approximate surface area is 122 Å². The van der Waals surface area contributed by atoms with Crippen LogP contribution < -0.4 is 10.1 Å². The molecule has 0 aliphatic carbocycles. The van der Waals surface area contributed by atoms with Gasteiger partial charge in [-0.2, -0.15) is 0 Å². The fourth-order valence-electron chi connectivity index (χ4n) is 2.07. The number of nitrogens with one attached hydrogen (secondary N) is 1. The molecular formula is C17H15FN2O. The molecule has 0 saturated carbocycles. The summed E-state index contributed by atoms with van der Waals surface area (Å²) in [6.45, 7) is 1.17. The Balaban J connectivity index is 1.53. The highest BCUT2D eigenvalue weighted by molar-refractivity contribution is 5.79. The maximum Gasteiger partial charge on any atom is 0.123 e. The standard InChI is InChI=1S/C17H15FN2O/c18-14-4-6-15(7-5-14)19-10-11-21-16-8-3-13-2-1-9-20-17(13)12-16/h1-9,12,19H,10-11H2. The maximum absolute atomic E-state index is 12.8.